The van der Waals surface area contributed by atoms with E-state index in [2.05, 4.69) is 15.1 Å². The van der Waals surface area contributed by atoms with Crippen molar-refractivity contribution in [2.45, 2.75) is 25.3 Å². The highest BCUT2D eigenvalue weighted by molar-refractivity contribution is 6.03. The van der Waals surface area contributed by atoms with E-state index in [0.717, 1.165) is 5.69 Å². The van der Waals surface area contributed by atoms with Crippen LogP contribution in [-0.2, 0) is 14.4 Å². The van der Waals surface area contributed by atoms with E-state index in [0.29, 0.717) is 45.3 Å². The van der Waals surface area contributed by atoms with Crippen molar-refractivity contribution in [3.05, 3.63) is 29.3 Å². The zero-order valence-electron chi connectivity index (χ0n) is 18.5. The number of amides is 2. The normalized spacial score (nSPS) is 15.0. The fourth-order valence-corrected chi connectivity index (χ4v) is 3.75. The van der Waals surface area contributed by atoms with Crippen molar-refractivity contribution in [2.75, 3.05) is 51.7 Å². The smallest absolute Gasteiger partial charge is 0.304 e. The molecule has 174 valence electrons. The van der Waals surface area contributed by atoms with Crippen LogP contribution in [0.1, 0.15) is 40.0 Å². The number of carbonyl (C=O) groups is 5. The first-order valence-electron chi connectivity index (χ1n) is 10.5. The molecule has 1 atom stereocenters. The largest absolute Gasteiger partial charge is 0.481 e. The number of aliphatic carboxylic acids is 1. The maximum atomic E-state index is 13.0. The molecule has 1 fully saturated rings. The Kier molecular flexibility index (Phi) is 9.33. The predicted molar refractivity (Wildman–Crippen MR) is 118 cm³/mol. The lowest BCUT2D eigenvalue weighted by atomic mass is 10.0. The molecule has 10 nitrogen and oxygen atoms in total. The second-order valence-corrected chi connectivity index (χ2v) is 7.65. The molecule has 0 saturated carbocycles. The van der Waals surface area contributed by atoms with Gasteiger partial charge in [-0.15, -0.1) is 0 Å². The number of hydrogen-bond acceptors (Lipinski definition) is 7. The van der Waals surface area contributed by atoms with Gasteiger partial charge in [-0.25, -0.2) is 0 Å². The van der Waals surface area contributed by atoms with Gasteiger partial charge in [0.2, 0.25) is 5.91 Å². The van der Waals surface area contributed by atoms with Crippen molar-refractivity contribution in [1.82, 2.24) is 15.1 Å². The highest BCUT2D eigenvalue weighted by atomic mass is 16.4. The number of hydrogen-bond donors (Lipinski definition) is 2. The van der Waals surface area contributed by atoms with Gasteiger partial charge >= 0.3 is 5.97 Å². The summed E-state index contributed by atoms with van der Waals surface area (Å²) >= 11 is 0. The molecule has 0 bridgehead atoms. The molecule has 1 aromatic carbocycles. The molecule has 2 amide bonds. The summed E-state index contributed by atoms with van der Waals surface area (Å²) in [5.74, 6) is -1.68. The first-order valence-corrected chi connectivity index (χ1v) is 10.5. The van der Waals surface area contributed by atoms with Crippen LogP contribution in [0.2, 0.25) is 0 Å². The Morgan fingerprint density at radius 3 is 2.44 bits per heavy atom. The van der Waals surface area contributed by atoms with Crippen LogP contribution < -0.4 is 10.2 Å². The van der Waals surface area contributed by atoms with Crippen LogP contribution in [0.5, 0.6) is 0 Å². The third-order valence-electron chi connectivity index (χ3n) is 5.67. The number of carbonyl (C=O) groups excluding carboxylic acids is 4. The Hall–Kier alpha value is -3.27. The molecule has 0 aromatic heterocycles. The van der Waals surface area contributed by atoms with Gasteiger partial charge in [0.1, 0.15) is 12.3 Å². The van der Waals surface area contributed by atoms with Crippen molar-refractivity contribution < 1.29 is 29.1 Å². The van der Waals surface area contributed by atoms with Crippen LogP contribution in [0.25, 0.3) is 0 Å². The number of piperazine rings is 1. The summed E-state index contributed by atoms with van der Waals surface area (Å²) in [6.07, 6.45) is 1.73. The summed E-state index contributed by atoms with van der Waals surface area (Å²) in [6.45, 7) is 3.26. The average Bonchev–Trinajstić information content (AvgIpc) is 2.81. The van der Waals surface area contributed by atoms with E-state index in [1.165, 1.54) is 19.0 Å². The molecule has 1 heterocycles. The van der Waals surface area contributed by atoms with Crippen molar-refractivity contribution in [3.63, 3.8) is 0 Å². The molecule has 1 aliphatic heterocycles. The quantitative estimate of drug-likeness (QED) is 0.464. The van der Waals surface area contributed by atoms with E-state index in [-0.39, 0.29) is 36.3 Å². The first-order chi connectivity index (χ1) is 15.3. The predicted octanol–water partition coefficient (Wildman–Crippen LogP) is 0.262. The number of anilines is 1. The summed E-state index contributed by atoms with van der Waals surface area (Å²) in [4.78, 5) is 63.9. The Morgan fingerprint density at radius 2 is 1.88 bits per heavy atom. The van der Waals surface area contributed by atoms with E-state index in [4.69, 9.17) is 5.11 Å². The lowest BCUT2D eigenvalue weighted by Gasteiger charge is -2.36. The number of rotatable bonds is 11. The topological polar surface area (TPSA) is 127 Å². The van der Waals surface area contributed by atoms with Gasteiger partial charge in [0, 0.05) is 64.5 Å². The van der Waals surface area contributed by atoms with Crippen LogP contribution >= 0.6 is 0 Å². The molecule has 1 aliphatic rings. The number of benzene rings is 1. The number of carboxylic acids is 1. The monoisotopic (exact) mass is 446 g/mol. The van der Waals surface area contributed by atoms with E-state index >= 15 is 0 Å². The van der Waals surface area contributed by atoms with Crippen LogP contribution in [0.3, 0.4) is 0 Å². The molecule has 1 unspecified atom stereocenters. The standard InChI is InChI=1S/C22H30N4O6/c1-23-21(31)19(4-3-13-27)24(2)22(32)18-6-5-17(14-16(18)15-28)26-11-9-25(10-12-26)8-7-20(29)30/h5-6,13-15,19H,3-4,7-12H2,1-2H3,(H,23,31)(H,29,30). The van der Waals surface area contributed by atoms with Gasteiger partial charge in [-0.3, -0.25) is 24.1 Å². The lowest BCUT2D eigenvalue weighted by Crippen LogP contribution is -2.47. The minimum absolute atomic E-state index is 0.101. The number of nitrogens with one attached hydrogen (secondary N) is 1. The highest BCUT2D eigenvalue weighted by Crippen LogP contribution is 2.22. The van der Waals surface area contributed by atoms with Crippen molar-refractivity contribution in [3.8, 4) is 0 Å². The van der Waals surface area contributed by atoms with Crippen LogP contribution in [0, 0.1) is 0 Å². The number of likely N-dealkylation sites (N-methyl/N-ethyl adjacent to an activating group) is 2. The minimum Gasteiger partial charge on any atom is -0.481 e. The Labute approximate surface area is 187 Å². The summed E-state index contributed by atoms with van der Waals surface area (Å²) in [5, 5.41) is 11.3. The summed E-state index contributed by atoms with van der Waals surface area (Å²) in [6, 6.07) is 4.17. The molecular formula is C22H30N4O6. The van der Waals surface area contributed by atoms with Gasteiger partial charge in [0.15, 0.2) is 6.29 Å². The van der Waals surface area contributed by atoms with E-state index in [1.54, 1.807) is 18.2 Å². The van der Waals surface area contributed by atoms with Gasteiger partial charge in [0.05, 0.1) is 12.0 Å². The second-order valence-electron chi connectivity index (χ2n) is 7.65. The van der Waals surface area contributed by atoms with Gasteiger partial charge in [-0.1, -0.05) is 0 Å². The zero-order chi connectivity index (χ0) is 23.7. The van der Waals surface area contributed by atoms with E-state index < -0.39 is 17.9 Å². The molecule has 2 N–H and O–H groups in total. The molecule has 1 saturated heterocycles. The molecule has 1 aromatic rings. The average molecular weight is 447 g/mol. The summed E-state index contributed by atoms with van der Waals surface area (Å²) in [5.41, 5.74) is 1.21. The summed E-state index contributed by atoms with van der Waals surface area (Å²) in [7, 11) is 2.94. The minimum atomic E-state index is -0.823. The molecule has 0 radical (unpaired) electrons. The summed E-state index contributed by atoms with van der Waals surface area (Å²) < 4.78 is 0. The Balaban J connectivity index is 2.13. The maximum Gasteiger partial charge on any atom is 0.304 e. The van der Waals surface area contributed by atoms with Crippen LogP contribution in [0.15, 0.2) is 18.2 Å². The van der Waals surface area contributed by atoms with Gasteiger partial charge < -0.3 is 25.0 Å². The number of aldehydes is 2. The van der Waals surface area contributed by atoms with Crippen molar-refractivity contribution in [2.24, 2.45) is 0 Å². The lowest BCUT2D eigenvalue weighted by molar-refractivity contribution is -0.137. The third kappa shape index (κ3) is 6.36. The van der Waals surface area contributed by atoms with Gasteiger partial charge in [-0.2, -0.15) is 0 Å². The van der Waals surface area contributed by atoms with Gasteiger partial charge in [-0.05, 0) is 24.6 Å². The molecule has 32 heavy (non-hydrogen) atoms. The first kappa shape index (κ1) is 25.0. The van der Waals surface area contributed by atoms with E-state index in [9.17, 15) is 24.0 Å². The molecule has 0 aliphatic carbocycles. The van der Waals surface area contributed by atoms with Gasteiger partial charge in [0.25, 0.3) is 5.91 Å². The molecular weight excluding hydrogens is 416 g/mol. The third-order valence-corrected chi connectivity index (χ3v) is 5.67. The fraction of sp³-hybridized carbons (Fsp3) is 0.500. The fourth-order valence-electron chi connectivity index (χ4n) is 3.75. The Morgan fingerprint density at radius 1 is 1.19 bits per heavy atom. The number of nitrogens with zero attached hydrogens (tertiary/aromatic N) is 3. The molecule has 10 heteroatoms. The maximum absolute atomic E-state index is 13.0. The molecule has 2 rings (SSSR count). The van der Waals surface area contributed by atoms with Crippen molar-refractivity contribution >= 4 is 36.0 Å². The molecule has 0 spiro atoms. The van der Waals surface area contributed by atoms with Crippen LogP contribution in [-0.4, -0.2) is 98.1 Å². The van der Waals surface area contributed by atoms with E-state index in [1.807, 2.05) is 0 Å². The zero-order valence-corrected chi connectivity index (χ0v) is 18.5. The van der Waals surface area contributed by atoms with Crippen LogP contribution in [0.4, 0.5) is 5.69 Å². The van der Waals surface area contributed by atoms with Crippen molar-refractivity contribution in [1.29, 1.82) is 0 Å². The second kappa shape index (κ2) is 11.9. The Bertz CT molecular complexity index is 851. The number of carboxylic acid groups (broad SMARTS) is 1. The highest BCUT2D eigenvalue weighted by Gasteiger charge is 2.28. The SMILES string of the molecule is CNC(=O)C(CCC=O)N(C)C(=O)c1ccc(N2CCN(CCC(=O)O)CC2)cc1C=O.